The molecule has 0 amide bonds. The highest BCUT2D eigenvalue weighted by Crippen LogP contribution is 2.28. The predicted molar refractivity (Wildman–Crippen MR) is 81.2 cm³/mol. The average molecular weight is 286 g/mol. The molecule has 0 bridgehead atoms. The van der Waals surface area contributed by atoms with Crippen LogP contribution in [0.15, 0.2) is 12.3 Å². The highest BCUT2D eigenvalue weighted by Gasteiger charge is 2.13. The summed E-state index contributed by atoms with van der Waals surface area (Å²) in [7, 11) is 1.84. The summed E-state index contributed by atoms with van der Waals surface area (Å²) in [4.78, 5) is 11.0. The highest BCUT2D eigenvalue weighted by atomic mass is 32.1. The summed E-state index contributed by atoms with van der Waals surface area (Å²) in [6.45, 7) is 2.11. The van der Waals surface area contributed by atoms with Gasteiger partial charge in [-0.05, 0) is 13.0 Å². The Hall–Kier alpha value is -2.10. The van der Waals surface area contributed by atoms with E-state index in [9.17, 15) is 0 Å². The SMILES string of the molecule is CNc1nc2cc(C#CCCO)sc2n2c(C)cnc12. The van der Waals surface area contributed by atoms with Gasteiger partial charge in [-0.15, -0.1) is 11.3 Å². The predicted octanol–water partition coefficient (Wildman–Crippen LogP) is 2.03. The van der Waals surface area contributed by atoms with E-state index in [1.54, 1.807) is 11.3 Å². The minimum absolute atomic E-state index is 0.0882. The lowest BCUT2D eigenvalue weighted by Crippen LogP contribution is -1.98. The van der Waals surface area contributed by atoms with Crippen LogP contribution in [0.3, 0.4) is 0 Å². The van der Waals surface area contributed by atoms with Gasteiger partial charge in [0.05, 0.1) is 11.5 Å². The number of hydrogen-bond donors (Lipinski definition) is 2. The fraction of sp³-hybridized carbons (Fsp3) is 0.286. The zero-order chi connectivity index (χ0) is 14.1. The number of anilines is 1. The minimum Gasteiger partial charge on any atom is -0.395 e. The van der Waals surface area contributed by atoms with Gasteiger partial charge in [0, 0.05) is 25.4 Å². The van der Waals surface area contributed by atoms with Gasteiger partial charge in [0.15, 0.2) is 11.5 Å². The topological polar surface area (TPSA) is 62.5 Å². The van der Waals surface area contributed by atoms with Gasteiger partial charge in [-0.1, -0.05) is 11.8 Å². The first kappa shape index (κ1) is 12.9. The summed E-state index contributed by atoms with van der Waals surface area (Å²) < 4.78 is 2.09. The van der Waals surface area contributed by atoms with E-state index in [0.29, 0.717) is 6.42 Å². The number of nitrogens with zero attached hydrogens (tertiary/aromatic N) is 3. The molecule has 3 aromatic heterocycles. The van der Waals surface area contributed by atoms with E-state index in [4.69, 9.17) is 5.11 Å². The molecule has 102 valence electrons. The van der Waals surface area contributed by atoms with Crippen LogP contribution in [0, 0.1) is 18.8 Å². The van der Waals surface area contributed by atoms with Crippen molar-refractivity contribution in [2.24, 2.45) is 0 Å². The monoisotopic (exact) mass is 286 g/mol. The van der Waals surface area contributed by atoms with Crippen molar-refractivity contribution in [3.63, 3.8) is 0 Å². The molecule has 0 aliphatic heterocycles. The van der Waals surface area contributed by atoms with Gasteiger partial charge >= 0.3 is 0 Å². The van der Waals surface area contributed by atoms with Crippen LogP contribution in [0.25, 0.3) is 16.0 Å². The zero-order valence-corrected chi connectivity index (χ0v) is 12.1. The van der Waals surface area contributed by atoms with Crippen LogP contribution >= 0.6 is 11.3 Å². The molecule has 0 spiro atoms. The third kappa shape index (κ3) is 2.01. The number of imidazole rings is 1. The van der Waals surface area contributed by atoms with Gasteiger partial charge in [-0.3, -0.25) is 4.40 Å². The van der Waals surface area contributed by atoms with Gasteiger partial charge in [0.25, 0.3) is 0 Å². The van der Waals surface area contributed by atoms with Gasteiger partial charge in [-0.2, -0.15) is 0 Å². The van der Waals surface area contributed by atoms with Crippen molar-refractivity contribution in [2.45, 2.75) is 13.3 Å². The molecule has 0 aliphatic carbocycles. The van der Waals surface area contributed by atoms with Crippen LogP contribution in [0.5, 0.6) is 0 Å². The maximum atomic E-state index is 8.77. The lowest BCUT2D eigenvalue weighted by atomic mass is 10.4. The Kier molecular flexibility index (Phi) is 3.30. The Morgan fingerprint density at radius 3 is 3.10 bits per heavy atom. The molecule has 3 rings (SSSR count). The normalized spacial score (nSPS) is 10.8. The molecule has 0 radical (unpaired) electrons. The van der Waals surface area contributed by atoms with Gasteiger partial charge < -0.3 is 10.4 Å². The second-order valence-corrected chi connectivity index (χ2v) is 5.38. The third-order valence-corrected chi connectivity index (χ3v) is 3.99. The zero-order valence-electron chi connectivity index (χ0n) is 11.3. The summed E-state index contributed by atoms with van der Waals surface area (Å²) in [6.07, 6.45) is 2.33. The molecule has 3 aromatic rings. The molecule has 3 heterocycles. The number of aliphatic hydroxyl groups is 1. The van der Waals surface area contributed by atoms with E-state index < -0.39 is 0 Å². The number of rotatable bonds is 2. The van der Waals surface area contributed by atoms with E-state index in [1.807, 2.05) is 26.2 Å². The highest BCUT2D eigenvalue weighted by molar-refractivity contribution is 7.19. The Morgan fingerprint density at radius 2 is 2.35 bits per heavy atom. The molecule has 20 heavy (non-hydrogen) atoms. The molecule has 0 aromatic carbocycles. The fourth-order valence-corrected chi connectivity index (χ4v) is 3.11. The quantitative estimate of drug-likeness (QED) is 0.708. The van der Waals surface area contributed by atoms with E-state index >= 15 is 0 Å². The molecule has 0 aliphatic rings. The van der Waals surface area contributed by atoms with Gasteiger partial charge in [-0.25, -0.2) is 9.97 Å². The van der Waals surface area contributed by atoms with E-state index in [-0.39, 0.29) is 6.61 Å². The number of fused-ring (bicyclic) bond motifs is 3. The molecule has 0 saturated heterocycles. The maximum absolute atomic E-state index is 8.77. The number of aliphatic hydroxyl groups excluding tert-OH is 1. The first-order chi connectivity index (χ1) is 9.74. The fourth-order valence-electron chi connectivity index (χ4n) is 2.08. The largest absolute Gasteiger partial charge is 0.395 e. The van der Waals surface area contributed by atoms with Crippen molar-refractivity contribution in [3.8, 4) is 11.8 Å². The standard InChI is InChI=1S/C14H14N4OS/c1-9-8-16-13-12(15-2)17-11-7-10(5-3-4-6-19)20-14(11)18(9)13/h7-8,19H,4,6H2,1-2H3,(H,15,17). The Morgan fingerprint density at radius 1 is 1.50 bits per heavy atom. The average Bonchev–Trinajstić information content (AvgIpc) is 3.01. The van der Waals surface area contributed by atoms with Crippen LogP contribution in [-0.2, 0) is 0 Å². The number of hydrogen-bond acceptors (Lipinski definition) is 5. The molecule has 0 unspecified atom stereocenters. The number of thiophene rings is 1. The second kappa shape index (κ2) is 5.12. The molecule has 5 nitrogen and oxygen atoms in total. The van der Waals surface area contributed by atoms with E-state index in [0.717, 1.165) is 32.4 Å². The van der Waals surface area contributed by atoms with Crippen molar-refractivity contribution in [3.05, 3.63) is 22.8 Å². The number of aryl methyl sites for hydroxylation is 1. The summed E-state index contributed by atoms with van der Waals surface area (Å²) in [6, 6.07) is 1.98. The lowest BCUT2D eigenvalue weighted by molar-refractivity contribution is 0.305. The van der Waals surface area contributed by atoms with Gasteiger partial charge in [0.2, 0.25) is 0 Å². The van der Waals surface area contributed by atoms with Crippen molar-refractivity contribution >= 4 is 33.1 Å². The van der Waals surface area contributed by atoms with Crippen LogP contribution in [-0.4, -0.2) is 33.1 Å². The number of nitrogens with one attached hydrogen (secondary N) is 1. The van der Waals surface area contributed by atoms with Crippen molar-refractivity contribution < 1.29 is 5.11 Å². The second-order valence-electron chi connectivity index (χ2n) is 4.35. The molecule has 0 fully saturated rings. The molecule has 6 heteroatoms. The van der Waals surface area contributed by atoms with E-state index in [1.165, 1.54) is 0 Å². The number of aromatic nitrogens is 3. The Labute approximate surface area is 120 Å². The molecular formula is C14H14N4OS. The molecule has 0 atom stereocenters. The third-order valence-electron chi connectivity index (χ3n) is 2.96. The van der Waals surface area contributed by atoms with E-state index in [2.05, 4.69) is 31.5 Å². The Balaban J connectivity index is 2.25. The summed E-state index contributed by atoms with van der Waals surface area (Å²) >= 11 is 1.59. The first-order valence-corrected chi connectivity index (χ1v) is 7.11. The lowest BCUT2D eigenvalue weighted by Gasteiger charge is -2.04. The molecule has 0 saturated carbocycles. The van der Waals surface area contributed by atoms with Crippen molar-refractivity contribution in [1.82, 2.24) is 14.4 Å². The minimum atomic E-state index is 0.0882. The maximum Gasteiger partial charge on any atom is 0.181 e. The van der Waals surface area contributed by atoms with Crippen LogP contribution in [0.1, 0.15) is 17.0 Å². The first-order valence-electron chi connectivity index (χ1n) is 6.29. The summed E-state index contributed by atoms with van der Waals surface area (Å²) in [5, 5.41) is 11.8. The smallest absolute Gasteiger partial charge is 0.181 e. The van der Waals surface area contributed by atoms with Gasteiger partial charge in [0.1, 0.15) is 10.3 Å². The van der Waals surface area contributed by atoms with Crippen molar-refractivity contribution in [2.75, 3.05) is 19.0 Å². The van der Waals surface area contributed by atoms with Crippen molar-refractivity contribution in [1.29, 1.82) is 0 Å². The van der Waals surface area contributed by atoms with Crippen LogP contribution in [0.4, 0.5) is 5.82 Å². The Bertz CT molecular complexity index is 837. The molecule has 2 N–H and O–H groups in total. The summed E-state index contributed by atoms with van der Waals surface area (Å²) in [5.41, 5.74) is 2.80. The molecular weight excluding hydrogens is 272 g/mol. The summed E-state index contributed by atoms with van der Waals surface area (Å²) in [5.74, 6) is 6.77. The van der Waals surface area contributed by atoms with Crippen LogP contribution in [0.2, 0.25) is 0 Å². The van der Waals surface area contributed by atoms with Crippen LogP contribution < -0.4 is 5.32 Å².